The second-order valence-corrected chi connectivity index (χ2v) is 7.38. The molecule has 6 heteroatoms. The molecular weight excluding hydrogens is 332 g/mol. The largest absolute Gasteiger partial charge is 0.481 e. The van der Waals surface area contributed by atoms with Gasteiger partial charge in [0, 0.05) is 30.6 Å². The van der Waals surface area contributed by atoms with E-state index >= 15 is 0 Å². The minimum Gasteiger partial charge on any atom is -0.481 e. The van der Waals surface area contributed by atoms with Crippen LogP contribution < -0.4 is 5.32 Å². The summed E-state index contributed by atoms with van der Waals surface area (Å²) in [5, 5.41) is 11.9. The van der Waals surface area contributed by atoms with Crippen molar-refractivity contribution < 1.29 is 19.5 Å². The number of piperidine rings is 1. The van der Waals surface area contributed by atoms with E-state index in [1.807, 2.05) is 30.9 Å². The summed E-state index contributed by atoms with van der Waals surface area (Å²) in [6, 6.07) is 7.30. The van der Waals surface area contributed by atoms with Crippen LogP contribution in [0.15, 0.2) is 24.3 Å². The Bertz CT molecular complexity index is 646. The Balaban J connectivity index is 1.85. The molecule has 0 spiro atoms. The Morgan fingerprint density at radius 2 is 1.69 bits per heavy atom. The maximum absolute atomic E-state index is 12.4. The van der Waals surface area contributed by atoms with Gasteiger partial charge >= 0.3 is 5.97 Å². The lowest BCUT2D eigenvalue weighted by Gasteiger charge is -2.32. The molecule has 1 saturated heterocycles. The number of carbonyl (C=O) groups is 3. The summed E-state index contributed by atoms with van der Waals surface area (Å²) < 4.78 is 0. The molecule has 2 N–H and O–H groups in total. The number of carboxylic acid groups (broad SMARTS) is 1. The number of nitrogens with one attached hydrogen (secondary N) is 1. The van der Waals surface area contributed by atoms with E-state index in [0.717, 1.165) is 5.56 Å². The van der Waals surface area contributed by atoms with Crippen LogP contribution in [0.4, 0.5) is 5.69 Å². The van der Waals surface area contributed by atoms with Gasteiger partial charge in [-0.2, -0.15) is 0 Å². The van der Waals surface area contributed by atoms with Crippen LogP contribution >= 0.6 is 0 Å². The molecule has 0 aromatic heterocycles. The predicted octanol–water partition coefficient (Wildman–Crippen LogP) is 2.78. The molecule has 1 atom stereocenters. The van der Waals surface area contributed by atoms with Gasteiger partial charge in [0.15, 0.2) is 0 Å². The van der Waals surface area contributed by atoms with E-state index in [9.17, 15) is 14.4 Å². The Kier molecular flexibility index (Phi) is 6.77. The lowest BCUT2D eigenvalue weighted by Crippen LogP contribution is -2.43. The normalized spacial score (nSPS) is 16.4. The van der Waals surface area contributed by atoms with Gasteiger partial charge in [-0.1, -0.05) is 32.9 Å². The number of rotatable bonds is 6. The van der Waals surface area contributed by atoms with E-state index in [-0.39, 0.29) is 23.7 Å². The molecule has 1 heterocycles. The smallest absolute Gasteiger partial charge is 0.306 e. The second kappa shape index (κ2) is 8.83. The summed E-state index contributed by atoms with van der Waals surface area (Å²) in [5.74, 6) is -1.22. The van der Waals surface area contributed by atoms with Crippen LogP contribution in [0, 0.1) is 17.8 Å². The van der Waals surface area contributed by atoms with Gasteiger partial charge in [0.2, 0.25) is 11.8 Å². The fourth-order valence-electron chi connectivity index (χ4n) is 3.14. The Hall–Kier alpha value is -2.37. The molecule has 1 aliphatic rings. The number of carbonyl (C=O) groups excluding carboxylic acids is 2. The maximum Gasteiger partial charge on any atom is 0.306 e. The van der Waals surface area contributed by atoms with Crippen molar-refractivity contribution in [1.82, 2.24) is 4.90 Å². The molecule has 0 aliphatic carbocycles. The molecule has 1 aromatic rings. The van der Waals surface area contributed by atoms with Crippen molar-refractivity contribution in [3.8, 4) is 0 Å². The molecule has 0 radical (unpaired) electrons. The number of carboxylic acids is 1. The molecule has 0 saturated carbocycles. The van der Waals surface area contributed by atoms with Crippen LogP contribution in [0.3, 0.4) is 0 Å². The summed E-state index contributed by atoms with van der Waals surface area (Å²) in [4.78, 5) is 37.2. The summed E-state index contributed by atoms with van der Waals surface area (Å²) in [7, 11) is 0. The fraction of sp³-hybridized carbons (Fsp3) is 0.550. The molecule has 2 amide bonds. The average Bonchev–Trinajstić information content (AvgIpc) is 2.62. The van der Waals surface area contributed by atoms with Crippen LogP contribution in [-0.2, 0) is 20.8 Å². The van der Waals surface area contributed by atoms with Crippen molar-refractivity contribution >= 4 is 23.5 Å². The number of likely N-dealkylation sites (tertiary alicyclic amines) is 1. The van der Waals surface area contributed by atoms with Gasteiger partial charge in [-0.15, -0.1) is 0 Å². The highest BCUT2D eigenvalue weighted by Gasteiger charge is 2.28. The molecule has 0 bridgehead atoms. The van der Waals surface area contributed by atoms with E-state index in [4.69, 9.17) is 5.11 Å². The van der Waals surface area contributed by atoms with Crippen molar-refractivity contribution in [2.45, 2.75) is 40.0 Å². The van der Waals surface area contributed by atoms with E-state index in [0.29, 0.717) is 38.0 Å². The molecule has 2 rings (SSSR count). The summed E-state index contributed by atoms with van der Waals surface area (Å²) in [5.41, 5.74) is 1.64. The zero-order chi connectivity index (χ0) is 19.3. The van der Waals surface area contributed by atoms with Gasteiger partial charge in [-0.25, -0.2) is 0 Å². The minimum atomic E-state index is -0.815. The van der Waals surface area contributed by atoms with Crippen molar-refractivity contribution in [1.29, 1.82) is 0 Å². The molecule has 1 unspecified atom stereocenters. The number of amides is 2. The highest BCUT2D eigenvalue weighted by atomic mass is 16.4. The van der Waals surface area contributed by atoms with Gasteiger partial charge in [0.25, 0.3) is 0 Å². The van der Waals surface area contributed by atoms with Crippen LogP contribution in [0.5, 0.6) is 0 Å². The van der Waals surface area contributed by atoms with Crippen LogP contribution in [0.25, 0.3) is 0 Å². The molecule has 26 heavy (non-hydrogen) atoms. The first-order chi connectivity index (χ1) is 12.3. The third-order valence-electron chi connectivity index (χ3n) is 4.86. The third kappa shape index (κ3) is 5.31. The molecule has 142 valence electrons. The van der Waals surface area contributed by atoms with Crippen LogP contribution in [-0.4, -0.2) is 40.9 Å². The molecular formula is C20H28N2O4. The van der Waals surface area contributed by atoms with E-state index in [2.05, 4.69) is 5.32 Å². The highest BCUT2D eigenvalue weighted by molar-refractivity contribution is 5.92. The first kappa shape index (κ1) is 19.9. The van der Waals surface area contributed by atoms with Gasteiger partial charge < -0.3 is 15.3 Å². The molecule has 1 aromatic carbocycles. The Morgan fingerprint density at radius 1 is 1.12 bits per heavy atom. The molecule has 1 aliphatic heterocycles. The molecule has 6 nitrogen and oxygen atoms in total. The number of aliphatic carboxylic acids is 1. The van der Waals surface area contributed by atoms with Crippen LogP contribution in [0.2, 0.25) is 0 Å². The standard InChI is InChI=1S/C20H28N2O4/c1-13(2)19(24)22-10-8-16(9-11-22)18(23)21-17-6-4-15(5-7-17)12-14(3)20(25)26/h4-7,13-14,16H,8-12H2,1-3H3,(H,21,23)(H,25,26). The third-order valence-corrected chi connectivity index (χ3v) is 4.86. The maximum atomic E-state index is 12.4. The van der Waals surface area contributed by atoms with Gasteiger partial charge in [0.1, 0.15) is 0 Å². The Labute approximate surface area is 154 Å². The summed E-state index contributed by atoms with van der Waals surface area (Å²) in [6.45, 7) is 6.71. The Morgan fingerprint density at radius 3 is 2.19 bits per heavy atom. The van der Waals surface area contributed by atoms with Crippen molar-refractivity contribution in [2.75, 3.05) is 18.4 Å². The van der Waals surface area contributed by atoms with Gasteiger partial charge in [0.05, 0.1) is 5.92 Å². The topological polar surface area (TPSA) is 86.7 Å². The number of hydrogen-bond acceptors (Lipinski definition) is 3. The average molecular weight is 360 g/mol. The van der Waals surface area contributed by atoms with E-state index in [1.165, 1.54) is 0 Å². The zero-order valence-corrected chi connectivity index (χ0v) is 15.7. The minimum absolute atomic E-state index is 0.0114. The van der Waals surface area contributed by atoms with Gasteiger partial charge in [-0.3, -0.25) is 14.4 Å². The summed E-state index contributed by atoms with van der Waals surface area (Å²) >= 11 is 0. The van der Waals surface area contributed by atoms with Crippen LogP contribution in [0.1, 0.15) is 39.2 Å². The van der Waals surface area contributed by atoms with Gasteiger partial charge in [-0.05, 0) is 37.0 Å². The van der Waals surface area contributed by atoms with Crippen molar-refractivity contribution in [2.24, 2.45) is 17.8 Å². The zero-order valence-electron chi connectivity index (χ0n) is 15.7. The highest BCUT2D eigenvalue weighted by Crippen LogP contribution is 2.21. The first-order valence-electron chi connectivity index (χ1n) is 9.19. The lowest BCUT2D eigenvalue weighted by molar-refractivity contribution is -0.141. The van der Waals surface area contributed by atoms with E-state index in [1.54, 1.807) is 19.1 Å². The van der Waals surface area contributed by atoms with Crippen molar-refractivity contribution in [3.05, 3.63) is 29.8 Å². The number of benzene rings is 1. The SMILES string of the molecule is CC(C)C(=O)N1CCC(C(=O)Nc2ccc(CC(C)C(=O)O)cc2)CC1. The fourth-order valence-corrected chi connectivity index (χ4v) is 3.14. The van der Waals surface area contributed by atoms with E-state index < -0.39 is 11.9 Å². The molecule has 1 fully saturated rings. The second-order valence-electron chi connectivity index (χ2n) is 7.38. The quantitative estimate of drug-likeness (QED) is 0.817. The number of nitrogens with zero attached hydrogens (tertiary/aromatic N) is 1. The lowest BCUT2D eigenvalue weighted by atomic mass is 9.95. The monoisotopic (exact) mass is 360 g/mol. The van der Waals surface area contributed by atoms with Crippen molar-refractivity contribution in [3.63, 3.8) is 0 Å². The predicted molar refractivity (Wildman–Crippen MR) is 99.7 cm³/mol. The first-order valence-corrected chi connectivity index (χ1v) is 9.19. The summed E-state index contributed by atoms with van der Waals surface area (Å²) in [6.07, 6.45) is 1.82. The number of anilines is 1. The number of hydrogen-bond donors (Lipinski definition) is 2.